The Balaban J connectivity index is 0.00000106. The van der Waals surface area contributed by atoms with E-state index in [1.54, 1.807) is 0 Å². The van der Waals surface area contributed by atoms with Gasteiger partial charge in [0.2, 0.25) is 0 Å². The van der Waals surface area contributed by atoms with E-state index < -0.39 is 0 Å². The zero-order chi connectivity index (χ0) is 12.6. The smallest absolute Gasteiger partial charge is 0.163 e. The fourth-order valence-corrected chi connectivity index (χ4v) is 1.07. The predicted octanol–water partition coefficient (Wildman–Crippen LogP) is 3.40. The molecule has 0 aliphatic rings. The second kappa shape index (κ2) is 7.74. The van der Waals surface area contributed by atoms with Crippen LogP contribution in [0.3, 0.4) is 0 Å². The Morgan fingerprint density at radius 3 is 2.00 bits per heavy atom. The molecule has 0 amide bonds. The quantitative estimate of drug-likeness (QED) is 0.734. The zero-order valence-electron chi connectivity index (χ0n) is 9.92. The first-order valence-electron chi connectivity index (χ1n) is 5.38. The fourth-order valence-electron chi connectivity index (χ4n) is 1.07. The van der Waals surface area contributed by atoms with E-state index in [9.17, 15) is 14.0 Å². The highest BCUT2D eigenvalue weighted by Gasteiger charge is 2.06. The molecular weight excluding hydrogens is 207 g/mol. The van der Waals surface area contributed by atoms with Crippen molar-refractivity contribution in [2.24, 2.45) is 0 Å². The maximum atomic E-state index is 12.5. The van der Waals surface area contributed by atoms with Gasteiger partial charge in [-0.25, -0.2) is 4.39 Å². The summed E-state index contributed by atoms with van der Waals surface area (Å²) in [6.45, 7) is 5.44. The van der Waals surface area contributed by atoms with E-state index in [0.29, 0.717) is 5.56 Å². The van der Waals surface area contributed by atoms with E-state index in [4.69, 9.17) is 0 Å². The molecular formula is C13H17FO2. The summed E-state index contributed by atoms with van der Waals surface area (Å²) in [7, 11) is 0. The maximum absolute atomic E-state index is 12.5. The van der Waals surface area contributed by atoms with E-state index >= 15 is 0 Å². The molecule has 0 radical (unpaired) electrons. The minimum absolute atomic E-state index is 0.0135. The lowest BCUT2D eigenvalue weighted by atomic mass is 10.1. The summed E-state index contributed by atoms with van der Waals surface area (Å²) >= 11 is 0. The van der Waals surface area contributed by atoms with Gasteiger partial charge in [-0.2, -0.15) is 0 Å². The molecule has 0 atom stereocenters. The van der Waals surface area contributed by atoms with Crippen LogP contribution in [0.2, 0.25) is 0 Å². The van der Waals surface area contributed by atoms with Crippen LogP contribution >= 0.6 is 0 Å². The first kappa shape index (κ1) is 14.5. The van der Waals surface area contributed by atoms with Gasteiger partial charge < -0.3 is 4.79 Å². The number of carbonyl (C=O) groups excluding carboxylic acids is 2. The molecule has 1 aromatic carbocycles. The lowest BCUT2D eigenvalue weighted by Crippen LogP contribution is -2.02. The Morgan fingerprint density at radius 1 is 1.06 bits per heavy atom. The number of hydrogen-bond donors (Lipinski definition) is 0. The lowest BCUT2D eigenvalue weighted by Gasteiger charge is -1.98. The van der Waals surface area contributed by atoms with E-state index in [1.165, 1.54) is 31.2 Å². The Kier molecular flexibility index (Phi) is 7.01. The fraction of sp³-hybridized carbons (Fsp3) is 0.385. The molecule has 0 bridgehead atoms. The number of ketones is 2. The molecule has 2 nitrogen and oxygen atoms in total. The van der Waals surface area contributed by atoms with Gasteiger partial charge in [-0.15, -0.1) is 0 Å². The number of hydrogen-bond acceptors (Lipinski definition) is 2. The first-order valence-corrected chi connectivity index (χ1v) is 5.38. The van der Waals surface area contributed by atoms with E-state index in [2.05, 4.69) is 0 Å². The summed E-state index contributed by atoms with van der Waals surface area (Å²) < 4.78 is 12.5. The second-order valence-electron chi connectivity index (χ2n) is 3.13. The van der Waals surface area contributed by atoms with Crippen LogP contribution in [0.15, 0.2) is 24.3 Å². The summed E-state index contributed by atoms with van der Waals surface area (Å²) in [6, 6.07) is 5.33. The van der Waals surface area contributed by atoms with Gasteiger partial charge in [0.05, 0.1) is 0 Å². The van der Waals surface area contributed by atoms with Crippen molar-refractivity contribution >= 4 is 11.6 Å². The van der Waals surface area contributed by atoms with Gasteiger partial charge >= 0.3 is 0 Å². The van der Waals surface area contributed by atoms with Crippen molar-refractivity contribution in [1.29, 1.82) is 0 Å². The molecule has 0 aromatic heterocycles. The normalized spacial score (nSPS) is 9.00. The third kappa shape index (κ3) is 5.39. The Hall–Kier alpha value is -1.51. The molecule has 0 saturated carbocycles. The molecule has 16 heavy (non-hydrogen) atoms. The zero-order valence-corrected chi connectivity index (χ0v) is 9.92. The average Bonchev–Trinajstić information content (AvgIpc) is 2.29. The Bertz CT molecular complexity index is 341. The SMILES string of the molecule is CC.CC(=O)CCC(=O)c1ccc(F)cc1. The van der Waals surface area contributed by atoms with Gasteiger partial charge in [-0.3, -0.25) is 4.79 Å². The highest BCUT2D eigenvalue weighted by Crippen LogP contribution is 2.07. The molecule has 1 aromatic rings. The Labute approximate surface area is 95.5 Å². The van der Waals surface area contributed by atoms with Crippen LogP contribution in [0.5, 0.6) is 0 Å². The lowest BCUT2D eigenvalue weighted by molar-refractivity contribution is -0.116. The average molecular weight is 224 g/mol. The Morgan fingerprint density at radius 2 is 1.56 bits per heavy atom. The van der Waals surface area contributed by atoms with Gasteiger partial charge in [-0.05, 0) is 31.2 Å². The molecule has 0 spiro atoms. The molecule has 0 fully saturated rings. The molecule has 0 heterocycles. The van der Waals surface area contributed by atoms with E-state index in [0.717, 1.165) is 0 Å². The van der Waals surface area contributed by atoms with Crippen LogP contribution in [0.1, 0.15) is 44.0 Å². The van der Waals surface area contributed by atoms with Crippen LogP contribution in [0.4, 0.5) is 4.39 Å². The van der Waals surface area contributed by atoms with Crippen LogP contribution < -0.4 is 0 Å². The highest BCUT2D eigenvalue weighted by atomic mass is 19.1. The number of halogens is 1. The molecule has 0 aliphatic carbocycles. The van der Waals surface area contributed by atoms with Gasteiger partial charge in [0, 0.05) is 18.4 Å². The van der Waals surface area contributed by atoms with Crippen LogP contribution in [-0.4, -0.2) is 11.6 Å². The number of carbonyl (C=O) groups is 2. The van der Waals surface area contributed by atoms with E-state index in [1.807, 2.05) is 13.8 Å². The summed E-state index contributed by atoms with van der Waals surface area (Å²) in [5.74, 6) is -0.506. The van der Waals surface area contributed by atoms with Crippen LogP contribution in [0, 0.1) is 5.82 Å². The van der Waals surface area contributed by atoms with Gasteiger partial charge in [0.1, 0.15) is 11.6 Å². The largest absolute Gasteiger partial charge is 0.300 e. The summed E-state index contributed by atoms with van der Waals surface area (Å²) in [4.78, 5) is 22.0. The topological polar surface area (TPSA) is 34.1 Å². The number of Topliss-reactive ketones (excluding diaryl/α,β-unsaturated/α-hetero) is 2. The molecule has 0 aliphatic heterocycles. The monoisotopic (exact) mass is 224 g/mol. The number of benzene rings is 1. The molecule has 3 heteroatoms. The third-order valence-electron chi connectivity index (χ3n) is 1.87. The maximum Gasteiger partial charge on any atom is 0.163 e. The second-order valence-corrected chi connectivity index (χ2v) is 3.13. The van der Waals surface area contributed by atoms with Crippen LogP contribution in [-0.2, 0) is 4.79 Å². The third-order valence-corrected chi connectivity index (χ3v) is 1.87. The molecule has 0 N–H and O–H groups in total. The molecule has 0 unspecified atom stereocenters. The standard InChI is InChI=1S/C11H11FO2.C2H6/c1-8(13)2-7-11(14)9-3-5-10(12)6-4-9;1-2/h3-6H,2,7H2,1H3;1-2H3. The van der Waals surface area contributed by atoms with Crippen molar-refractivity contribution in [3.8, 4) is 0 Å². The predicted molar refractivity (Wildman–Crippen MR) is 62.0 cm³/mol. The molecule has 1 rings (SSSR count). The van der Waals surface area contributed by atoms with Crippen molar-refractivity contribution < 1.29 is 14.0 Å². The summed E-state index contributed by atoms with van der Waals surface area (Å²) in [5, 5.41) is 0. The number of rotatable bonds is 4. The van der Waals surface area contributed by atoms with Crippen molar-refractivity contribution in [3.05, 3.63) is 35.6 Å². The van der Waals surface area contributed by atoms with Crippen molar-refractivity contribution in [2.45, 2.75) is 33.6 Å². The first-order chi connectivity index (χ1) is 7.59. The summed E-state index contributed by atoms with van der Waals surface area (Å²) in [5.41, 5.74) is 0.452. The minimum atomic E-state index is -0.367. The highest BCUT2D eigenvalue weighted by molar-refractivity contribution is 5.97. The van der Waals surface area contributed by atoms with Crippen molar-refractivity contribution in [1.82, 2.24) is 0 Å². The molecule has 0 saturated heterocycles. The molecule has 88 valence electrons. The van der Waals surface area contributed by atoms with Gasteiger partial charge in [0.15, 0.2) is 5.78 Å². The van der Waals surface area contributed by atoms with Crippen molar-refractivity contribution in [3.63, 3.8) is 0 Å². The minimum Gasteiger partial charge on any atom is -0.300 e. The van der Waals surface area contributed by atoms with Gasteiger partial charge in [-0.1, -0.05) is 13.8 Å². The van der Waals surface area contributed by atoms with Crippen molar-refractivity contribution in [2.75, 3.05) is 0 Å². The van der Waals surface area contributed by atoms with Gasteiger partial charge in [0.25, 0.3) is 0 Å². The van der Waals surface area contributed by atoms with Crippen LogP contribution in [0.25, 0.3) is 0 Å². The summed E-state index contributed by atoms with van der Waals surface area (Å²) in [6.07, 6.45) is 0.442. The van der Waals surface area contributed by atoms with E-state index in [-0.39, 0.29) is 30.2 Å².